The molecule has 3 fully saturated rings. The van der Waals surface area contributed by atoms with Crippen LogP contribution >= 0.6 is 0 Å². The van der Waals surface area contributed by atoms with Crippen molar-refractivity contribution in [1.29, 1.82) is 0 Å². The summed E-state index contributed by atoms with van der Waals surface area (Å²) in [6.45, 7) is 13.3. The van der Waals surface area contributed by atoms with Gasteiger partial charge in [-0.05, 0) is 84.9 Å². The van der Waals surface area contributed by atoms with Gasteiger partial charge in [0.15, 0.2) is 0 Å². The minimum absolute atomic E-state index is 0.0694. The summed E-state index contributed by atoms with van der Waals surface area (Å²) in [5.41, 5.74) is 0.581. The zero-order valence-corrected chi connectivity index (χ0v) is 22.5. The number of hydrogen-bond donors (Lipinski definition) is 4. The second kappa shape index (κ2) is 7.45. The first-order valence-corrected chi connectivity index (χ1v) is 13.7. The number of carbonyl (C=O) groups is 1. The molecule has 5 heteroatoms. The molecule has 0 amide bonds. The lowest BCUT2D eigenvalue weighted by atomic mass is 9.35. The van der Waals surface area contributed by atoms with Crippen LogP contribution in [0.4, 0.5) is 0 Å². The summed E-state index contributed by atoms with van der Waals surface area (Å²) in [6, 6.07) is 0. The van der Waals surface area contributed by atoms with Crippen molar-refractivity contribution in [3.05, 3.63) is 23.3 Å². The Kier molecular flexibility index (Phi) is 5.42. The second-order valence-electron chi connectivity index (χ2n) is 14.6. The number of hydrogen-bond acceptors (Lipinski definition) is 4. The first-order chi connectivity index (χ1) is 16.1. The number of aliphatic hydroxyl groups is 3. The van der Waals surface area contributed by atoms with Crippen LogP contribution < -0.4 is 0 Å². The molecule has 3 saturated carbocycles. The molecule has 0 unspecified atom stereocenters. The highest BCUT2D eigenvalue weighted by Crippen LogP contribution is 2.74. The molecule has 0 aromatic carbocycles. The summed E-state index contributed by atoms with van der Waals surface area (Å²) in [5, 5.41) is 42.7. The number of fused-ring (bicyclic) bond motifs is 7. The van der Waals surface area contributed by atoms with Crippen LogP contribution in [-0.4, -0.2) is 45.2 Å². The molecule has 0 radical (unpaired) electrons. The summed E-state index contributed by atoms with van der Waals surface area (Å²) < 4.78 is 0. The quantitative estimate of drug-likeness (QED) is 0.407. The zero-order chi connectivity index (χ0) is 25.8. The van der Waals surface area contributed by atoms with E-state index < -0.39 is 29.0 Å². The largest absolute Gasteiger partial charge is 0.481 e. The third-order valence-corrected chi connectivity index (χ3v) is 12.5. The van der Waals surface area contributed by atoms with E-state index >= 15 is 0 Å². The molecule has 0 aromatic heterocycles. The van der Waals surface area contributed by atoms with Crippen molar-refractivity contribution < 1.29 is 25.2 Å². The SMILES string of the molecule is CC1(C)CC[C@]2(C(=O)O)CC[C@]3(C)C(=CC[C@H]4[C@@]5(C)C[C@H](O)[C@H](O)[C@@](C)(CO)C5=CC[C@]43C)[C@H]2C1. The lowest BCUT2D eigenvalue weighted by molar-refractivity contribution is -0.171. The molecule has 5 nitrogen and oxygen atoms in total. The third-order valence-electron chi connectivity index (χ3n) is 12.5. The summed E-state index contributed by atoms with van der Waals surface area (Å²) in [6.07, 6.45) is 9.26. The molecule has 0 heterocycles. The Morgan fingerprint density at radius 1 is 0.971 bits per heavy atom. The number of carboxylic acid groups (broad SMARTS) is 1. The van der Waals surface area contributed by atoms with Crippen LogP contribution in [-0.2, 0) is 4.79 Å². The number of aliphatic carboxylic acids is 1. The van der Waals surface area contributed by atoms with Crippen molar-refractivity contribution in [3.63, 3.8) is 0 Å². The topological polar surface area (TPSA) is 98.0 Å². The smallest absolute Gasteiger partial charge is 0.310 e. The zero-order valence-electron chi connectivity index (χ0n) is 22.5. The summed E-state index contributed by atoms with van der Waals surface area (Å²) >= 11 is 0. The molecule has 5 rings (SSSR count). The van der Waals surface area contributed by atoms with Crippen molar-refractivity contribution in [3.8, 4) is 0 Å². The molecular formula is C30H46O5. The molecule has 5 aliphatic rings. The van der Waals surface area contributed by atoms with Crippen molar-refractivity contribution >= 4 is 5.97 Å². The van der Waals surface area contributed by atoms with E-state index in [1.54, 1.807) is 0 Å². The summed E-state index contributed by atoms with van der Waals surface area (Å²) in [4.78, 5) is 12.8. The van der Waals surface area contributed by atoms with E-state index in [1.165, 1.54) is 5.57 Å². The van der Waals surface area contributed by atoms with Gasteiger partial charge in [-0.3, -0.25) is 4.79 Å². The van der Waals surface area contributed by atoms with E-state index in [4.69, 9.17) is 0 Å². The van der Waals surface area contributed by atoms with Crippen molar-refractivity contribution in [2.24, 2.45) is 44.3 Å². The molecule has 35 heavy (non-hydrogen) atoms. The Labute approximate surface area is 210 Å². The maximum absolute atomic E-state index is 12.8. The predicted molar refractivity (Wildman–Crippen MR) is 135 cm³/mol. The van der Waals surface area contributed by atoms with E-state index in [1.807, 2.05) is 6.92 Å². The molecule has 0 saturated heterocycles. The van der Waals surface area contributed by atoms with Gasteiger partial charge in [-0.25, -0.2) is 0 Å². The molecule has 4 N–H and O–H groups in total. The van der Waals surface area contributed by atoms with Crippen LogP contribution in [0.25, 0.3) is 0 Å². The Bertz CT molecular complexity index is 997. The normalized spacial score (nSPS) is 52.7. The van der Waals surface area contributed by atoms with Gasteiger partial charge in [0.1, 0.15) is 0 Å². The minimum atomic E-state index is -0.975. The van der Waals surface area contributed by atoms with Crippen LogP contribution in [0.15, 0.2) is 23.3 Å². The maximum atomic E-state index is 12.8. The number of rotatable bonds is 2. The van der Waals surface area contributed by atoms with E-state index in [0.29, 0.717) is 6.42 Å². The molecule has 9 atom stereocenters. The van der Waals surface area contributed by atoms with Gasteiger partial charge in [0.2, 0.25) is 0 Å². The molecule has 0 spiro atoms. The van der Waals surface area contributed by atoms with Gasteiger partial charge in [0.25, 0.3) is 0 Å². The fraction of sp³-hybridized carbons (Fsp3) is 0.833. The monoisotopic (exact) mass is 486 g/mol. The minimum Gasteiger partial charge on any atom is -0.481 e. The van der Waals surface area contributed by atoms with Crippen molar-refractivity contribution in [1.82, 2.24) is 0 Å². The van der Waals surface area contributed by atoms with Gasteiger partial charge < -0.3 is 20.4 Å². The molecular weight excluding hydrogens is 440 g/mol. The van der Waals surface area contributed by atoms with Crippen LogP contribution in [0.2, 0.25) is 0 Å². The van der Waals surface area contributed by atoms with Gasteiger partial charge >= 0.3 is 5.97 Å². The highest BCUT2D eigenvalue weighted by molar-refractivity contribution is 5.76. The highest BCUT2D eigenvalue weighted by Gasteiger charge is 2.68. The van der Waals surface area contributed by atoms with E-state index in [2.05, 4.69) is 46.8 Å². The van der Waals surface area contributed by atoms with E-state index in [-0.39, 0.29) is 40.1 Å². The van der Waals surface area contributed by atoms with E-state index in [9.17, 15) is 25.2 Å². The average Bonchev–Trinajstić information content (AvgIpc) is 2.77. The molecule has 0 aromatic rings. The van der Waals surface area contributed by atoms with Crippen molar-refractivity contribution in [2.45, 2.75) is 105 Å². The average molecular weight is 487 g/mol. The third kappa shape index (κ3) is 3.01. The Morgan fingerprint density at radius 2 is 1.63 bits per heavy atom. The number of carboxylic acids is 1. The number of aliphatic hydroxyl groups excluding tert-OH is 3. The first-order valence-electron chi connectivity index (χ1n) is 13.7. The van der Waals surface area contributed by atoms with Gasteiger partial charge in [0, 0.05) is 5.41 Å². The van der Waals surface area contributed by atoms with Crippen LogP contribution in [0.3, 0.4) is 0 Å². The van der Waals surface area contributed by atoms with E-state index in [0.717, 1.165) is 50.5 Å². The lowest BCUT2D eigenvalue weighted by Crippen LogP contribution is -2.64. The molecule has 196 valence electrons. The maximum Gasteiger partial charge on any atom is 0.310 e. The summed E-state index contributed by atoms with van der Waals surface area (Å²) in [7, 11) is 0. The Hall–Kier alpha value is -1.17. The molecule has 0 bridgehead atoms. The summed E-state index contributed by atoms with van der Waals surface area (Å²) in [5.74, 6) is -0.292. The van der Waals surface area contributed by atoms with Crippen LogP contribution in [0, 0.1) is 44.3 Å². The van der Waals surface area contributed by atoms with Gasteiger partial charge in [0.05, 0.1) is 24.2 Å². The van der Waals surface area contributed by atoms with Gasteiger partial charge in [-0.1, -0.05) is 64.8 Å². The van der Waals surface area contributed by atoms with Crippen molar-refractivity contribution in [2.75, 3.05) is 6.61 Å². The second-order valence-corrected chi connectivity index (χ2v) is 14.6. The molecule has 5 aliphatic carbocycles. The van der Waals surface area contributed by atoms with Gasteiger partial charge in [-0.15, -0.1) is 0 Å². The fourth-order valence-corrected chi connectivity index (χ4v) is 10.0. The van der Waals surface area contributed by atoms with Crippen LogP contribution in [0.1, 0.15) is 92.9 Å². The Balaban J connectivity index is 1.63. The fourth-order valence-electron chi connectivity index (χ4n) is 10.0. The highest BCUT2D eigenvalue weighted by atomic mass is 16.4. The lowest BCUT2D eigenvalue weighted by Gasteiger charge is -2.69. The van der Waals surface area contributed by atoms with Crippen LogP contribution in [0.5, 0.6) is 0 Å². The first kappa shape index (κ1) is 25.5. The standard InChI is InChI=1S/C30H46O5/c1-25(2)11-13-30(24(34)35)14-12-28(5)18(19(30)15-25)7-8-22-26(3)16-20(32)23(33)27(4,17-31)21(26)9-10-29(22,28)6/h7,9,19-20,22-23,31-33H,8,10-17H2,1-6H3,(H,34,35)/t19-,20+,22+,23+,26+,27+,28-,29-,30+/m1/s1. The Morgan fingerprint density at radius 3 is 2.26 bits per heavy atom. The molecule has 0 aliphatic heterocycles. The van der Waals surface area contributed by atoms with Gasteiger partial charge in [-0.2, -0.15) is 0 Å². The predicted octanol–water partition coefficient (Wildman–Crippen LogP) is 5.10. The number of allylic oxidation sites excluding steroid dienone is 3.